The van der Waals surface area contributed by atoms with E-state index in [-0.39, 0.29) is 0 Å². The Morgan fingerprint density at radius 3 is 2.44 bits per heavy atom. The van der Waals surface area contributed by atoms with Crippen molar-refractivity contribution in [1.29, 1.82) is 0 Å². The SMILES string of the molecule is Cc1cc(Oc2ccccc2C(C)C)ccc1O. The molecule has 1 N–H and O–H groups in total. The Bertz CT molecular complexity index is 545. The maximum atomic E-state index is 9.50. The number of ether oxygens (including phenoxy) is 1. The number of hydrogen-bond donors (Lipinski definition) is 1. The number of phenols is 1. The molecule has 0 unspecified atom stereocenters. The Kier molecular flexibility index (Phi) is 3.56. The van der Waals surface area contributed by atoms with Gasteiger partial charge in [0.15, 0.2) is 0 Å². The van der Waals surface area contributed by atoms with Crippen molar-refractivity contribution in [3.63, 3.8) is 0 Å². The quantitative estimate of drug-likeness (QED) is 0.851. The van der Waals surface area contributed by atoms with Crippen molar-refractivity contribution < 1.29 is 9.84 Å². The van der Waals surface area contributed by atoms with Crippen LogP contribution in [0.15, 0.2) is 42.5 Å². The van der Waals surface area contributed by atoms with Crippen LogP contribution in [0.3, 0.4) is 0 Å². The minimum Gasteiger partial charge on any atom is -0.508 e. The molecular formula is C16H18O2. The van der Waals surface area contributed by atoms with Gasteiger partial charge >= 0.3 is 0 Å². The molecule has 2 nitrogen and oxygen atoms in total. The Hall–Kier alpha value is -1.96. The average Bonchev–Trinajstić information content (AvgIpc) is 2.34. The highest BCUT2D eigenvalue weighted by Gasteiger charge is 2.08. The van der Waals surface area contributed by atoms with E-state index in [1.165, 1.54) is 5.56 Å². The van der Waals surface area contributed by atoms with E-state index in [1.807, 2.05) is 31.2 Å². The van der Waals surface area contributed by atoms with Crippen LogP contribution in [-0.2, 0) is 0 Å². The second-order valence-electron chi connectivity index (χ2n) is 4.74. The van der Waals surface area contributed by atoms with Crippen LogP contribution < -0.4 is 4.74 Å². The molecule has 0 aromatic heterocycles. The smallest absolute Gasteiger partial charge is 0.130 e. The van der Waals surface area contributed by atoms with Gasteiger partial charge in [-0.05, 0) is 48.2 Å². The molecule has 0 spiro atoms. The van der Waals surface area contributed by atoms with Crippen LogP contribution in [-0.4, -0.2) is 5.11 Å². The number of rotatable bonds is 3. The van der Waals surface area contributed by atoms with Crippen LogP contribution in [0.4, 0.5) is 0 Å². The van der Waals surface area contributed by atoms with Crippen molar-refractivity contribution in [3.8, 4) is 17.2 Å². The van der Waals surface area contributed by atoms with E-state index in [4.69, 9.17) is 4.74 Å². The molecule has 0 atom stereocenters. The fraction of sp³-hybridized carbons (Fsp3) is 0.250. The third kappa shape index (κ3) is 2.65. The summed E-state index contributed by atoms with van der Waals surface area (Å²) in [7, 11) is 0. The molecule has 0 saturated carbocycles. The summed E-state index contributed by atoms with van der Waals surface area (Å²) in [5, 5.41) is 9.50. The summed E-state index contributed by atoms with van der Waals surface area (Å²) >= 11 is 0. The summed E-state index contributed by atoms with van der Waals surface area (Å²) in [6.45, 7) is 6.14. The summed E-state index contributed by atoms with van der Waals surface area (Å²) in [5.74, 6) is 2.33. The third-order valence-corrected chi connectivity index (χ3v) is 2.94. The standard InChI is InChI=1S/C16H18O2/c1-11(2)14-6-4-5-7-16(14)18-13-8-9-15(17)12(3)10-13/h4-11,17H,1-3H3. The van der Waals surface area contributed by atoms with Crippen molar-refractivity contribution >= 4 is 0 Å². The lowest BCUT2D eigenvalue weighted by Gasteiger charge is -2.14. The molecule has 0 radical (unpaired) electrons. The topological polar surface area (TPSA) is 29.5 Å². The minimum absolute atomic E-state index is 0.291. The first-order valence-corrected chi connectivity index (χ1v) is 6.14. The third-order valence-electron chi connectivity index (χ3n) is 2.94. The molecule has 0 bridgehead atoms. The summed E-state index contributed by atoms with van der Waals surface area (Å²) in [4.78, 5) is 0. The summed E-state index contributed by atoms with van der Waals surface area (Å²) in [6, 6.07) is 13.3. The Balaban J connectivity index is 2.31. The van der Waals surface area contributed by atoms with Crippen LogP contribution in [0.2, 0.25) is 0 Å². The van der Waals surface area contributed by atoms with E-state index < -0.39 is 0 Å². The predicted octanol–water partition coefficient (Wildman–Crippen LogP) is 4.62. The first-order valence-electron chi connectivity index (χ1n) is 6.14. The van der Waals surface area contributed by atoms with Crippen molar-refractivity contribution in [2.24, 2.45) is 0 Å². The van der Waals surface area contributed by atoms with E-state index in [0.29, 0.717) is 11.7 Å². The van der Waals surface area contributed by atoms with Crippen LogP contribution >= 0.6 is 0 Å². The molecule has 2 rings (SSSR count). The second kappa shape index (κ2) is 5.13. The molecule has 0 aliphatic rings. The number of phenolic OH excluding ortho intramolecular Hbond substituents is 1. The Morgan fingerprint density at radius 1 is 1.06 bits per heavy atom. The number of para-hydroxylation sites is 1. The molecule has 2 aromatic rings. The van der Waals surface area contributed by atoms with Gasteiger partial charge in [-0.25, -0.2) is 0 Å². The fourth-order valence-corrected chi connectivity index (χ4v) is 1.87. The van der Waals surface area contributed by atoms with E-state index >= 15 is 0 Å². The van der Waals surface area contributed by atoms with Gasteiger partial charge in [-0.3, -0.25) is 0 Å². The maximum Gasteiger partial charge on any atom is 0.130 e. The number of aryl methyl sites for hydroxylation is 1. The lowest BCUT2D eigenvalue weighted by atomic mass is 10.0. The van der Waals surface area contributed by atoms with Gasteiger partial charge in [-0.1, -0.05) is 32.0 Å². The van der Waals surface area contributed by atoms with Gasteiger partial charge in [-0.15, -0.1) is 0 Å². The molecule has 94 valence electrons. The molecule has 0 fully saturated rings. The highest BCUT2D eigenvalue weighted by molar-refractivity contribution is 5.43. The number of benzene rings is 2. The zero-order chi connectivity index (χ0) is 13.1. The molecule has 0 aliphatic carbocycles. The van der Waals surface area contributed by atoms with Gasteiger partial charge in [0.05, 0.1) is 0 Å². The van der Waals surface area contributed by atoms with E-state index in [2.05, 4.69) is 19.9 Å². The number of aromatic hydroxyl groups is 1. The lowest BCUT2D eigenvalue weighted by molar-refractivity contribution is 0.457. The monoisotopic (exact) mass is 242 g/mol. The highest BCUT2D eigenvalue weighted by atomic mass is 16.5. The summed E-state index contributed by atoms with van der Waals surface area (Å²) in [6.07, 6.45) is 0. The Labute approximate surface area is 108 Å². The van der Waals surface area contributed by atoms with Crippen LogP contribution in [0, 0.1) is 6.92 Å². The van der Waals surface area contributed by atoms with Gasteiger partial charge < -0.3 is 9.84 Å². The normalized spacial score (nSPS) is 10.7. The fourth-order valence-electron chi connectivity index (χ4n) is 1.87. The molecular weight excluding hydrogens is 224 g/mol. The van der Waals surface area contributed by atoms with Gasteiger partial charge in [-0.2, -0.15) is 0 Å². The summed E-state index contributed by atoms with van der Waals surface area (Å²) in [5.41, 5.74) is 2.00. The van der Waals surface area contributed by atoms with Crippen molar-refractivity contribution in [3.05, 3.63) is 53.6 Å². The van der Waals surface area contributed by atoms with E-state index in [1.54, 1.807) is 12.1 Å². The highest BCUT2D eigenvalue weighted by Crippen LogP contribution is 2.31. The molecule has 2 heteroatoms. The van der Waals surface area contributed by atoms with Crippen LogP contribution in [0.5, 0.6) is 17.2 Å². The molecule has 0 amide bonds. The zero-order valence-corrected chi connectivity index (χ0v) is 11.0. The molecule has 0 aliphatic heterocycles. The van der Waals surface area contributed by atoms with Gasteiger partial charge in [0.2, 0.25) is 0 Å². The van der Waals surface area contributed by atoms with Gasteiger partial charge in [0, 0.05) is 0 Å². The molecule has 0 heterocycles. The van der Waals surface area contributed by atoms with Crippen molar-refractivity contribution in [2.75, 3.05) is 0 Å². The Morgan fingerprint density at radius 2 is 1.78 bits per heavy atom. The first-order chi connectivity index (χ1) is 8.58. The van der Waals surface area contributed by atoms with Crippen LogP contribution in [0.1, 0.15) is 30.9 Å². The summed E-state index contributed by atoms with van der Waals surface area (Å²) < 4.78 is 5.90. The van der Waals surface area contributed by atoms with Gasteiger partial charge in [0.1, 0.15) is 17.2 Å². The molecule has 2 aromatic carbocycles. The van der Waals surface area contributed by atoms with E-state index in [0.717, 1.165) is 17.1 Å². The molecule has 18 heavy (non-hydrogen) atoms. The average molecular weight is 242 g/mol. The largest absolute Gasteiger partial charge is 0.508 e. The van der Waals surface area contributed by atoms with Crippen LogP contribution in [0.25, 0.3) is 0 Å². The zero-order valence-electron chi connectivity index (χ0n) is 11.0. The van der Waals surface area contributed by atoms with Crippen molar-refractivity contribution in [2.45, 2.75) is 26.7 Å². The minimum atomic E-state index is 0.291. The maximum absolute atomic E-state index is 9.50. The number of hydrogen-bond acceptors (Lipinski definition) is 2. The second-order valence-corrected chi connectivity index (χ2v) is 4.74. The lowest BCUT2D eigenvalue weighted by Crippen LogP contribution is -1.93. The first kappa shape index (κ1) is 12.5. The van der Waals surface area contributed by atoms with Crippen molar-refractivity contribution in [1.82, 2.24) is 0 Å². The molecule has 0 saturated heterocycles. The predicted molar refractivity (Wildman–Crippen MR) is 73.4 cm³/mol. The van der Waals surface area contributed by atoms with Gasteiger partial charge in [0.25, 0.3) is 0 Å². The van der Waals surface area contributed by atoms with E-state index in [9.17, 15) is 5.11 Å².